The van der Waals surface area contributed by atoms with Crippen LogP contribution in [-0.2, 0) is 9.59 Å². The monoisotopic (exact) mass is 440 g/mol. The Labute approximate surface area is 170 Å². The van der Waals surface area contributed by atoms with Gasteiger partial charge in [-0.3, -0.25) is 9.59 Å². The molecule has 1 heterocycles. The maximum atomic E-state index is 13.2. The summed E-state index contributed by atoms with van der Waals surface area (Å²) in [7, 11) is 0. The standard InChI is InChI=1S/C20H26F6N2O2/c21-19(22,23)18(20(24,25)26)2-4-28(11-18)15(29)1-3-27-16(30)17-8-12-5-13(9-17)7-14(6-12)10-17/h12-14H,1-11H2,(H,27,30). The Kier molecular flexibility index (Phi) is 5.09. The molecule has 5 aliphatic rings. The molecule has 2 amide bonds. The van der Waals surface area contributed by atoms with Crippen LogP contribution in [-0.4, -0.2) is 48.7 Å². The smallest absolute Gasteiger partial charge is 0.355 e. The lowest BCUT2D eigenvalue weighted by Gasteiger charge is -2.55. The summed E-state index contributed by atoms with van der Waals surface area (Å²) in [5.41, 5.74) is -4.29. The molecule has 4 aliphatic carbocycles. The van der Waals surface area contributed by atoms with Gasteiger partial charge in [0.2, 0.25) is 11.8 Å². The quantitative estimate of drug-likeness (QED) is 0.671. The lowest BCUT2D eigenvalue weighted by Crippen LogP contribution is -2.54. The zero-order valence-electron chi connectivity index (χ0n) is 16.5. The van der Waals surface area contributed by atoms with Crippen molar-refractivity contribution >= 4 is 11.8 Å². The van der Waals surface area contributed by atoms with Crippen molar-refractivity contribution in [2.45, 2.75) is 63.7 Å². The Morgan fingerprint density at radius 1 is 0.900 bits per heavy atom. The summed E-state index contributed by atoms with van der Waals surface area (Å²) in [4.78, 5) is 25.7. The molecule has 4 saturated carbocycles. The summed E-state index contributed by atoms with van der Waals surface area (Å²) in [6, 6.07) is 0. The Morgan fingerprint density at radius 3 is 1.83 bits per heavy atom. The van der Waals surface area contributed by atoms with Gasteiger partial charge in [0.25, 0.3) is 0 Å². The highest BCUT2D eigenvalue weighted by Crippen LogP contribution is 2.60. The molecule has 1 N–H and O–H groups in total. The summed E-state index contributed by atoms with van der Waals surface area (Å²) in [5, 5.41) is 2.74. The Balaban J connectivity index is 1.31. The van der Waals surface area contributed by atoms with E-state index < -0.39 is 48.6 Å². The molecule has 0 aromatic rings. The van der Waals surface area contributed by atoms with Gasteiger partial charge in [-0.25, -0.2) is 0 Å². The number of hydrogen-bond acceptors (Lipinski definition) is 2. The van der Waals surface area contributed by atoms with E-state index in [1.54, 1.807) is 0 Å². The summed E-state index contributed by atoms with van der Waals surface area (Å²) < 4.78 is 78.9. The number of nitrogens with zero attached hydrogens (tertiary/aromatic N) is 1. The van der Waals surface area contributed by atoms with Gasteiger partial charge in [-0.05, 0) is 62.7 Å². The van der Waals surface area contributed by atoms with E-state index in [-0.39, 0.29) is 18.9 Å². The minimum atomic E-state index is -5.48. The molecule has 0 unspecified atom stereocenters. The van der Waals surface area contributed by atoms with Gasteiger partial charge in [-0.1, -0.05) is 0 Å². The van der Waals surface area contributed by atoms with Crippen molar-refractivity contribution in [1.82, 2.24) is 10.2 Å². The number of alkyl halides is 6. The molecule has 1 aliphatic heterocycles. The second-order valence-corrected chi connectivity index (χ2v) is 9.85. The van der Waals surface area contributed by atoms with Gasteiger partial charge >= 0.3 is 12.4 Å². The lowest BCUT2D eigenvalue weighted by atomic mass is 9.49. The molecule has 4 bridgehead atoms. The van der Waals surface area contributed by atoms with Crippen molar-refractivity contribution in [2.24, 2.45) is 28.6 Å². The predicted molar refractivity (Wildman–Crippen MR) is 94.0 cm³/mol. The first-order valence-electron chi connectivity index (χ1n) is 10.5. The van der Waals surface area contributed by atoms with Crippen LogP contribution in [0.5, 0.6) is 0 Å². The molecule has 0 aromatic heterocycles. The minimum Gasteiger partial charge on any atom is -0.355 e. The van der Waals surface area contributed by atoms with Gasteiger partial charge in [0.15, 0.2) is 5.41 Å². The van der Waals surface area contributed by atoms with Crippen LogP contribution in [0.3, 0.4) is 0 Å². The molecule has 0 radical (unpaired) electrons. The fourth-order valence-corrected chi connectivity index (χ4v) is 6.66. The molecule has 30 heavy (non-hydrogen) atoms. The molecule has 4 nitrogen and oxygen atoms in total. The molecule has 0 atom stereocenters. The minimum absolute atomic E-state index is 0.0685. The van der Waals surface area contributed by atoms with Gasteiger partial charge in [0.1, 0.15) is 0 Å². The average Bonchev–Trinajstić information content (AvgIpc) is 3.07. The fourth-order valence-electron chi connectivity index (χ4n) is 6.66. The number of carbonyl (C=O) groups excluding carboxylic acids is 2. The van der Waals surface area contributed by atoms with Crippen molar-refractivity contribution < 1.29 is 35.9 Å². The summed E-state index contributed by atoms with van der Waals surface area (Å²) in [6.07, 6.45) is -6.44. The van der Waals surface area contributed by atoms with Gasteiger partial charge in [0, 0.05) is 31.5 Å². The van der Waals surface area contributed by atoms with Crippen molar-refractivity contribution in [1.29, 1.82) is 0 Å². The van der Waals surface area contributed by atoms with Crippen LogP contribution in [0.15, 0.2) is 0 Å². The summed E-state index contributed by atoms with van der Waals surface area (Å²) >= 11 is 0. The van der Waals surface area contributed by atoms with E-state index in [1.807, 2.05) is 0 Å². The molecule has 5 fully saturated rings. The third-order valence-electron chi connectivity index (χ3n) is 7.85. The molecule has 10 heteroatoms. The Bertz CT molecular complexity index is 668. The van der Waals surface area contributed by atoms with Crippen LogP contribution >= 0.6 is 0 Å². The van der Waals surface area contributed by atoms with Crippen molar-refractivity contribution in [3.05, 3.63) is 0 Å². The number of likely N-dealkylation sites (tertiary alicyclic amines) is 1. The van der Waals surface area contributed by atoms with Gasteiger partial charge in [0.05, 0.1) is 0 Å². The molecule has 5 rings (SSSR count). The SMILES string of the molecule is O=C(CCNC(=O)C12CC3CC(CC(C3)C1)C2)N1CCC(C(F)(F)F)(C(F)(F)F)C1. The molecule has 0 spiro atoms. The predicted octanol–water partition coefficient (Wildman–Crippen LogP) is 4.05. The number of rotatable bonds is 4. The van der Waals surface area contributed by atoms with E-state index in [4.69, 9.17) is 0 Å². The Morgan fingerprint density at radius 2 is 1.40 bits per heavy atom. The molecular weight excluding hydrogens is 414 g/mol. The van der Waals surface area contributed by atoms with Gasteiger partial charge < -0.3 is 10.2 Å². The third-order valence-corrected chi connectivity index (χ3v) is 7.85. The molecule has 170 valence electrons. The number of hydrogen-bond donors (Lipinski definition) is 1. The van der Waals surface area contributed by atoms with Crippen LogP contribution in [0.25, 0.3) is 0 Å². The van der Waals surface area contributed by atoms with Crippen LogP contribution in [0.4, 0.5) is 26.3 Å². The second kappa shape index (κ2) is 7.02. The lowest BCUT2D eigenvalue weighted by molar-refractivity contribution is -0.334. The van der Waals surface area contributed by atoms with Gasteiger partial charge in [-0.2, -0.15) is 26.3 Å². The topological polar surface area (TPSA) is 49.4 Å². The van der Waals surface area contributed by atoms with Crippen molar-refractivity contribution in [3.8, 4) is 0 Å². The van der Waals surface area contributed by atoms with Crippen LogP contribution in [0, 0.1) is 28.6 Å². The largest absolute Gasteiger partial charge is 0.404 e. The average molecular weight is 440 g/mol. The highest BCUT2D eigenvalue weighted by Gasteiger charge is 2.72. The Hall–Kier alpha value is -1.48. The first-order valence-corrected chi connectivity index (χ1v) is 10.5. The van der Waals surface area contributed by atoms with Gasteiger partial charge in [-0.15, -0.1) is 0 Å². The summed E-state index contributed by atoms with van der Waals surface area (Å²) in [5.74, 6) is 0.773. The highest BCUT2D eigenvalue weighted by atomic mass is 19.4. The van der Waals surface area contributed by atoms with E-state index >= 15 is 0 Å². The van der Waals surface area contributed by atoms with Crippen molar-refractivity contribution in [2.75, 3.05) is 19.6 Å². The van der Waals surface area contributed by atoms with E-state index in [0.717, 1.165) is 19.3 Å². The third kappa shape index (κ3) is 3.47. The summed E-state index contributed by atoms with van der Waals surface area (Å²) in [6.45, 7) is -2.08. The van der Waals surface area contributed by atoms with E-state index in [0.29, 0.717) is 22.7 Å². The number of nitrogens with one attached hydrogen (secondary N) is 1. The molecule has 1 saturated heterocycles. The van der Waals surface area contributed by atoms with Crippen molar-refractivity contribution in [3.63, 3.8) is 0 Å². The highest BCUT2D eigenvalue weighted by molar-refractivity contribution is 5.84. The maximum absolute atomic E-state index is 13.2. The number of amides is 2. The van der Waals surface area contributed by atoms with E-state index in [9.17, 15) is 35.9 Å². The second-order valence-electron chi connectivity index (χ2n) is 9.85. The van der Waals surface area contributed by atoms with E-state index in [2.05, 4.69) is 5.32 Å². The normalized spacial score (nSPS) is 35.0. The zero-order chi connectivity index (χ0) is 21.9. The maximum Gasteiger partial charge on any atom is 0.404 e. The van der Waals surface area contributed by atoms with Crippen LogP contribution < -0.4 is 5.32 Å². The fraction of sp³-hybridized carbons (Fsp3) is 0.900. The molecular formula is C20H26F6N2O2. The zero-order valence-corrected chi connectivity index (χ0v) is 16.5. The molecule has 0 aromatic carbocycles. The number of halogens is 6. The van der Waals surface area contributed by atoms with Crippen LogP contribution in [0.2, 0.25) is 0 Å². The number of carbonyl (C=O) groups is 2. The van der Waals surface area contributed by atoms with Crippen LogP contribution in [0.1, 0.15) is 51.4 Å². The first kappa shape index (κ1) is 21.7. The first-order chi connectivity index (χ1) is 13.9. The van der Waals surface area contributed by atoms with E-state index in [1.165, 1.54) is 19.3 Å².